The standard InChI is InChI=1S/C21H26N2O2S/c1-14(2)20(24)19-10-9-18(26-19)15-5-7-16(8-6-15)21(25)23-12-11-17(13-23)22(3)4/h5-10,14,17H,11-13H2,1-4H3/t17-/m0/s1. The van der Waals surface area contributed by atoms with Gasteiger partial charge >= 0.3 is 0 Å². The summed E-state index contributed by atoms with van der Waals surface area (Å²) in [6.07, 6.45) is 1.03. The number of likely N-dealkylation sites (N-methyl/N-ethyl adjacent to an activating group) is 1. The van der Waals surface area contributed by atoms with E-state index in [-0.39, 0.29) is 17.6 Å². The molecule has 1 saturated heterocycles. The summed E-state index contributed by atoms with van der Waals surface area (Å²) in [4.78, 5) is 30.8. The van der Waals surface area contributed by atoms with Crippen LogP contribution in [0.3, 0.4) is 0 Å². The predicted molar refractivity (Wildman–Crippen MR) is 107 cm³/mol. The van der Waals surface area contributed by atoms with Gasteiger partial charge in [0.1, 0.15) is 0 Å². The van der Waals surface area contributed by atoms with Crippen LogP contribution in [0.4, 0.5) is 0 Å². The zero-order valence-electron chi connectivity index (χ0n) is 15.9. The van der Waals surface area contributed by atoms with Gasteiger partial charge < -0.3 is 9.80 Å². The van der Waals surface area contributed by atoms with Gasteiger partial charge in [-0.25, -0.2) is 0 Å². The lowest BCUT2D eigenvalue weighted by molar-refractivity contribution is 0.0783. The van der Waals surface area contributed by atoms with Crippen molar-refractivity contribution < 1.29 is 9.59 Å². The Hall–Kier alpha value is -1.98. The van der Waals surface area contributed by atoms with E-state index in [1.165, 1.54) is 11.3 Å². The largest absolute Gasteiger partial charge is 0.337 e. The van der Waals surface area contributed by atoms with Crippen molar-refractivity contribution in [2.24, 2.45) is 5.92 Å². The minimum atomic E-state index is 0.00736. The van der Waals surface area contributed by atoms with Gasteiger partial charge in [0.25, 0.3) is 5.91 Å². The predicted octanol–water partition coefficient (Wildman–Crippen LogP) is 4.03. The van der Waals surface area contributed by atoms with E-state index >= 15 is 0 Å². The van der Waals surface area contributed by atoms with E-state index in [9.17, 15) is 9.59 Å². The van der Waals surface area contributed by atoms with Gasteiger partial charge in [-0.1, -0.05) is 26.0 Å². The molecule has 0 bridgehead atoms. The molecule has 0 aliphatic carbocycles. The number of benzene rings is 1. The zero-order chi connectivity index (χ0) is 18.8. The number of carbonyl (C=O) groups is 2. The second-order valence-electron chi connectivity index (χ2n) is 7.42. The monoisotopic (exact) mass is 370 g/mol. The van der Waals surface area contributed by atoms with E-state index in [0.29, 0.717) is 6.04 Å². The number of carbonyl (C=O) groups excluding carboxylic acids is 2. The summed E-state index contributed by atoms with van der Waals surface area (Å²) in [6.45, 7) is 5.44. The number of Topliss-reactive ketones (excluding diaryl/α,β-unsaturated/α-hetero) is 1. The van der Waals surface area contributed by atoms with E-state index in [1.54, 1.807) is 0 Å². The van der Waals surface area contributed by atoms with Gasteiger partial charge in [0, 0.05) is 35.5 Å². The lowest BCUT2D eigenvalue weighted by Gasteiger charge is -2.20. The summed E-state index contributed by atoms with van der Waals surface area (Å²) >= 11 is 1.52. The smallest absolute Gasteiger partial charge is 0.253 e. The molecule has 1 aromatic heterocycles. The zero-order valence-corrected chi connectivity index (χ0v) is 16.7. The minimum absolute atomic E-state index is 0.00736. The highest BCUT2D eigenvalue weighted by molar-refractivity contribution is 7.17. The number of amides is 1. The highest BCUT2D eigenvalue weighted by Crippen LogP contribution is 2.30. The number of rotatable bonds is 5. The highest BCUT2D eigenvalue weighted by Gasteiger charge is 2.28. The Kier molecular flexibility index (Phi) is 5.58. The van der Waals surface area contributed by atoms with Gasteiger partial charge in [-0.3, -0.25) is 9.59 Å². The maximum atomic E-state index is 12.7. The van der Waals surface area contributed by atoms with Crippen LogP contribution in [0.15, 0.2) is 36.4 Å². The first kappa shape index (κ1) is 18.8. The Morgan fingerprint density at radius 1 is 1.12 bits per heavy atom. The Labute approximate surface area is 159 Å². The number of thiophene rings is 1. The topological polar surface area (TPSA) is 40.6 Å². The third-order valence-electron chi connectivity index (χ3n) is 4.97. The van der Waals surface area contributed by atoms with E-state index in [1.807, 2.05) is 55.1 Å². The van der Waals surface area contributed by atoms with Crippen LogP contribution >= 0.6 is 11.3 Å². The first-order chi connectivity index (χ1) is 12.4. The van der Waals surface area contributed by atoms with Crippen molar-refractivity contribution in [2.45, 2.75) is 26.3 Å². The second-order valence-corrected chi connectivity index (χ2v) is 8.50. The van der Waals surface area contributed by atoms with E-state index in [4.69, 9.17) is 0 Å². The summed E-state index contributed by atoms with van der Waals surface area (Å²) in [7, 11) is 4.12. The van der Waals surface area contributed by atoms with Crippen LogP contribution in [0, 0.1) is 5.92 Å². The highest BCUT2D eigenvalue weighted by atomic mass is 32.1. The molecule has 4 nitrogen and oxygen atoms in total. The van der Waals surface area contributed by atoms with Gasteiger partial charge in [0.2, 0.25) is 0 Å². The summed E-state index contributed by atoms with van der Waals surface area (Å²) in [5.41, 5.74) is 1.77. The van der Waals surface area contributed by atoms with E-state index in [2.05, 4.69) is 19.0 Å². The minimum Gasteiger partial charge on any atom is -0.337 e. The molecule has 0 saturated carbocycles. The van der Waals surface area contributed by atoms with Crippen LogP contribution in [-0.2, 0) is 0 Å². The SMILES string of the molecule is CC(C)C(=O)c1ccc(-c2ccc(C(=O)N3CC[C@H](N(C)C)C3)cc2)s1. The van der Waals surface area contributed by atoms with Gasteiger partial charge in [0.15, 0.2) is 5.78 Å². The Morgan fingerprint density at radius 2 is 1.81 bits per heavy atom. The lowest BCUT2D eigenvalue weighted by Crippen LogP contribution is -2.34. The van der Waals surface area contributed by atoms with E-state index in [0.717, 1.165) is 40.4 Å². The quantitative estimate of drug-likeness (QED) is 0.746. The molecule has 1 amide bonds. The number of nitrogens with zero attached hydrogens (tertiary/aromatic N) is 2. The van der Waals surface area contributed by atoms with E-state index < -0.39 is 0 Å². The van der Waals surface area contributed by atoms with Crippen LogP contribution < -0.4 is 0 Å². The molecule has 0 spiro atoms. The normalized spacial score (nSPS) is 17.3. The molecule has 1 fully saturated rings. The number of likely N-dealkylation sites (tertiary alicyclic amines) is 1. The van der Waals surface area contributed by atoms with Crippen LogP contribution in [0.25, 0.3) is 10.4 Å². The third kappa shape index (κ3) is 3.89. The molecule has 1 aliphatic rings. The Balaban J connectivity index is 1.71. The van der Waals surface area contributed by atoms with Crippen molar-refractivity contribution in [3.05, 3.63) is 46.8 Å². The molecule has 26 heavy (non-hydrogen) atoms. The maximum absolute atomic E-state index is 12.7. The number of ketones is 1. The molecule has 3 rings (SSSR count). The fourth-order valence-corrected chi connectivity index (χ4v) is 4.32. The molecule has 1 aliphatic heterocycles. The number of hydrogen-bond acceptors (Lipinski definition) is 4. The molecule has 0 N–H and O–H groups in total. The molecule has 2 aromatic rings. The van der Waals surface area contributed by atoms with Crippen molar-refractivity contribution in [3.63, 3.8) is 0 Å². The first-order valence-corrected chi connectivity index (χ1v) is 9.88. The Bertz CT molecular complexity index is 793. The van der Waals surface area contributed by atoms with Crippen molar-refractivity contribution in [1.29, 1.82) is 0 Å². The molecule has 5 heteroatoms. The summed E-state index contributed by atoms with van der Waals surface area (Å²) in [5, 5.41) is 0. The second kappa shape index (κ2) is 7.72. The molecule has 1 atom stereocenters. The van der Waals surface area contributed by atoms with Crippen molar-refractivity contribution in [1.82, 2.24) is 9.80 Å². The van der Waals surface area contributed by atoms with Crippen LogP contribution in [0.5, 0.6) is 0 Å². The van der Waals surface area contributed by atoms with Gasteiger partial charge in [-0.2, -0.15) is 0 Å². The average molecular weight is 371 g/mol. The molecule has 0 unspecified atom stereocenters. The molecular weight excluding hydrogens is 344 g/mol. The van der Waals surface area contributed by atoms with Crippen LogP contribution in [0.2, 0.25) is 0 Å². The molecular formula is C21H26N2O2S. The fraction of sp³-hybridized carbons (Fsp3) is 0.429. The number of hydrogen-bond donors (Lipinski definition) is 0. The summed E-state index contributed by atoms with van der Waals surface area (Å²) in [6, 6.07) is 12.1. The molecule has 2 heterocycles. The van der Waals surface area contributed by atoms with Gasteiger partial charge in [-0.05, 0) is 50.3 Å². The first-order valence-electron chi connectivity index (χ1n) is 9.07. The van der Waals surface area contributed by atoms with Gasteiger partial charge in [0.05, 0.1) is 4.88 Å². The summed E-state index contributed by atoms with van der Waals surface area (Å²) < 4.78 is 0. The third-order valence-corrected chi connectivity index (χ3v) is 6.12. The van der Waals surface area contributed by atoms with Gasteiger partial charge in [-0.15, -0.1) is 11.3 Å². The van der Waals surface area contributed by atoms with Crippen molar-refractivity contribution >= 4 is 23.0 Å². The summed E-state index contributed by atoms with van der Waals surface area (Å²) in [5.74, 6) is 0.285. The van der Waals surface area contributed by atoms with Crippen molar-refractivity contribution in [3.8, 4) is 10.4 Å². The van der Waals surface area contributed by atoms with Crippen LogP contribution in [-0.4, -0.2) is 54.7 Å². The maximum Gasteiger partial charge on any atom is 0.253 e. The molecule has 1 aromatic carbocycles. The van der Waals surface area contributed by atoms with Crippen LogP contribution in [0.1, 0.15) is 40.3 Å². The Morgan fingerprint density at radius 3 is 2.38 bits per heavy atom. The van der Waals surface area contributed by atoms with Crippen molar-refractivity contribution in [2.75, 3.05) is 27.2 Å². The molecule has 138 valence electrons. The lowest BCUT2D eigenvalue weighted by atomic mass is 10.1. The molecule has 0 radical (unpaired) electrons. The average Bonchev–Trinajstić information content (AvgIpc) is 3.30. The fourth-order valence-electron chi connectivity index (χ4n) is 3.22.